The summed E-state index contributed by atoms with van der Waals surface area (Å²) in [6.07, 6.45) is 4.91. The quantitative estimate of drug-likeness (QED) is 0.144. The third-order valence-corrected chi connectivity index (χ3v) is 5.26. The average molecular weight is 486 g/mol. The molecular weight excluding hydrogens is 454 g/mol. The van der Waals surface area contributed by atoms with E-state index in [1.807, 2.05) is 6.26 Å². The summed E-state index contributed by atoms with van der Waals surface area (Å²) < 4.78 is 0. The number of carboxylic acid groups (broad SMARTS) is 1. The SMILES string of the molecule is CSCCC(NC(=O)C(N)Cc1cnc[nH]1)C(=O)NC(CCC(N)=O)C(=O)NC(C)C(=O)O. The van der Waals surface area contributed by atoms with Crippen LogP contribution in [0.1, 0.15) is 31.9 Å². The lowest BCUT2D eigenvalue weighted by molar-refractivity contribution is -0.142. The maximum absolute atomic E-state index is 12.9. The molecule has 4 amide bonds. The van der Waals surface area contributed by atoms with Crippen molar-refractivity contribution in [1.29, 1.82) is 0 Å². The Bertz CT molecular complexity index is 820. The minimum absolute atomic E-state index is 0.137. The highest BCUT2D eigenvalue weighted by molar-refractivity contribution is 7.98. The molecule has 0 radical (unpaired) electrons. The predicted molar refractivity (Wildman–Crippen MR) is 121 cm³/mol. The van der Waals surface area contributed by atoms with E-state index in [-0.39, 0.29) is 25.7 Å². The summed E-state index contributed by atoms with van der Waals surface area (Å²) >= 11 is 1.46. The molecule has 0 aromatic carbocycles. The molecule has 0 aliphatic rings. The number of hydrogen-bond donors (Lipinski definition) is 7. The van der Waals surface area contributed by atoms with Crippen molar-refractivity contribution >= 4 is 41.4 Å². The van der Waals surface area contributed by atoms with Gasteiger partial charge in [-0.15, -0.1) is 0 Å². The largest absolute Gasteiger partial charge is 0.480 e. The second kappa shape index (κ2) is 14.1. The molecule has 9 N–H and O–H groups in total. The Labute approximate surface area is 195 Å². The Hall–Kier alpha value is -3.13. The van der Waals surface area contributed by atoms with E-state index in [4.69, 9.17) is 16.6 Å². The molecule has 0 spiro atoms. The number of aromatic nitrogens is 2. The fourth-order valence-electron chi connectivity index (χ4n) is 2.71. The number of amides is 4. The number of imidazole rings is 1. The van der Waals surface area contributed by atoms with Crippen LogP contribution >= 0.6 is 11.8 Å². The van der Waals surface area contributed by atoms with E-state index in [2.05, 4.69) is 25.9 Å². The molecule has 14 heteroatoms. The number of aliphatic carboxylic acids is 1. The number of nitrogens with zero attached hydrogens (tertiary/aromatic N) is 1. The van der Waals surface area contributed by atoms with Crippen LogP contribution in [0.4, 0.5) is 0 Å². The molecule has 0 fully saturated rings. The lowest BCUT2D eigenvalue weighted by Gasteiger charge is -2.24. The minimum atomic E-state index is -1.26. The predicted octanol–water partition coefficient (Wildman–Crippen LogP) is -2.14. The van der Waals surface area contributed by atoms with Gasteiger partial charge in [-0.3, -0.25) is 24.0 Å². The minimum Gasteiger partial charge on any atom is -0.480 e. The molecule has 0 saturated heterocycles. The summed E-state index contributed by atoms with van der Waals surface area (Å²) in [6.45, 7) is 1.26. The molecule has 0 saturated carbocycles. The number of nitrogens with one attached hydrogen (secondary N) is 4. The van der Waals surface area contributed by atoms with E-state index in [0.717, 1.165) is 0 Å². The van der Waals surface area contributed by atoms with Gasteiger partial charge in [-0.1, -0.05) is 0 Å². The first-order chi connectivity index (χ1) is 15.5. The van der Waals surface area contributed by atoms with Gasteiger partial charge < -0.3 is 37.5 Å². The number of carbonyl (C=O) groups is 5. The van der Waals surface area contributed by atoms with Crippen molar-refractivity contribution in [2.75, 3.05) is 12.0 Å². The number of rotatable bonds is 15. The van der Waals surface area contributed by atoms with Crippen LogP contribution in [0.2, 0.25) is 0 Å². The summed E-state index contributed by atoms with van der Waals surface area (Å²) in [5, 5.41) is 16.3. The van der Waals surface area contributed by atoms with Gasteiger partial charge in [0.25, 0.3) is 0 Å². The molecular formula is C19H31N7O6S. The second-order valence-electron chi connectivity index (χ2n) is 7.36. The zero-order chi connectivity index (χ0) is 25.0. The van der Waals surface area contributed by atoms with Crippen LogP contribution in [-0.2, 0) is 30.4 Å². The van der Waals surface area contributed by atoms with Gasteiger partial charge in [-0.2, -0.15) is 11.8 Å². The third kappa shape index (κ3) is 10.4. The van der Waals surface area contributed by atoms with Crippen molar-refractivity contribution in [1.82, 2.24) is 25.9 Å². The molecule has 13 nitrogen and oxygen atoms in total. The van der Waals surface area contributed by atoms with E-state index < -0.39 is 53.8 Å². The molecule has 33 heavy (non-hydrogen) atoms. The van der Waals surface area contributed by atoms with Crippen molar-refractivity contribution < 1.29 is 29.1 Å². The second-order valence-corrected chi connectivity index (χ2v) is 8.35. The highest BCUT2D eigenvalue weighted by Crippen LogP contribution is 2.06. The van der Waals surface area contributed by atoms with Crippen LogP contribution in [0.15, 0.2) is 12.5 Å². The Morgan fingerprint density at radius 1 is 1.09 bits per heavy atom. The third-order valence-electron chi connectivity index (χ3n) is 4.62. The van der Waals surface area contributed by atoms with Crippen LogP contribution in [0, 0.1) is 0 Å². The Balaban J connectivity index is 2.88. The van der Waals surface area contributed by atoms with Gasteiger partial charge in [-0.05, 0) is 31.8 Å². The van der Waals surface area contributed by atoms with Crippen molar-refractivity contribution in [3.8, 4) is 0 Å². The van der Waals surface area contributed by atoms with Gasteiger partial charge >= 0.3 is 5.97 Å². The van der Waals surface area contributed by atoms with Crippen molar-refractivity contribution in [3.63, 3.8) is 0 Å². The molecule has 1 aromatic rings. The number of carboxylic acids is 1. The summed E-state index contributed by atoms with van der Waals surface area (Å²) in [5.41, 5.74) is 11.7. The summed E-state index contributed by atoms with van der Waals surface area (Å²) in [5.74, 6) is -3.44. The van der Waals surface area contributed by atoms with E-state index >= 15 is 0 Å². The topological polar surface area (TPSA) is 222 Å². The van der Waals surface area contributed by atoms with Crippen molar-refractivity contribution in [2.45, 2.75) is 56.8 Å². The Morgan fingerprint density at radius 2 is 1.70 bits per heavy atom. The van der Waals surface area contributed by atoms with Crippen molar-refractivity contribution in [2.24, 2.45) is 11.5 Å². The van der Waals surface area contributed by atoms with E-state index in [1.165, 1.54) is 31.2 Å². The highest BCUT2D eigenvalue weighted by atomic mass is 32.2. The van der Waals surface area contributed by atoms with E-state index in [1.54, 1.807) is 0 Å². The molecule has 4 unspecified atom stereocenters. The zero-order valence-corrected chi connectivity index (χ0v) is 19.3. The zero-order valence-electron chi connectivity index (χ0n) is 18.5. The van der Waals surface area contributed by atoms with Crippen LogP contribution < -0.4 is 27.4 Å². The molecule has 1 aromatic heterocycles. The standard InChI is InChI=1S/C19H31N7O6S/c1-10(19(31)32)24-17(29)13(3-4-15(21)27)26-18(30)14(5-6-33-2)25-16(28)12(20)7-11-8-22-9-23-11/h8-10,12-14H,3-7,20H2,1-2H3,(H2,21,27)(H,22,23)(H,24,29)(H,25,28)(H,26,30)(H,31,32). The number of primary amides is 1. The van der Waals surface area contributed by atoms with Gasteiger partial charge in [0.05, 0.1) is 12.4 Å². The normalized spacial score (nSPS) is 14.4. The van der Waals surface area contributed by atoms with E-state index in [0.29, 0.717) is 11.4 Å². The molecule has 0 bridgehead atoms. The molecule has 4 atom stereocenters. The molecule has 184 valence electrons. The van der Waals surface area contributed by atoms with Gasteiger partial charge in [0.2, 0.25) is 23.6 Å². The van der Waals surface area contributed by atoms with Gasteiger partial charge in [0, 0.05) is 24.7 Å². The fraction of sp³-hybridized carbons (Fsp3) is 0.579. The Morgan fingerprint density at radius 3 is 2.24 bits per heavy atom. The first kappa shape index (κ1) is 27.9. The monoisotopic (exact) mass is 485 g/mol. The number of hydrogen-bond acceptors (Lipinski definition) is 8. The van der Waals surface area contributed by atoms with Crippen LogP contribution in [0.25, 0.3) is 0 Å². The first-order valence-electron chi connectivity index (χ1n) is 10.2. The molecule has 1 heterocycles. The number of aromatic amines is 1. The Kier molecular flexibility index (Phi) is 11.9. The lowest BCUT2D eigenvalue weighted by Crippen LogP contribution is -2.57. The number of thioether (sulfide) groups is 1. The average Bonchev–Trinajstić information content (AvgIpc) is 3.26. The maximum Gasteiger partial charge on any atom is 0.325 e. The number of nitrogens with two attached hydrogens (primary N) is 2. The molecule has 0 aliphatic carbocycles. The molecule has 0 aliphatic heterocycles. The first-order valence-corrected chi connectivity index (χ1v) is 11.6. The van der Waals surface area contributed by atoms with Crippen LogP contribution in [0.3, 0.4) is 0 Å². The van der Waals surface area contributed by atoms with Gasteiger partial charge in [0.1, 0.15) is 18.1 Å². The van der Waals surface area contributed by atoms with Crippen molar-refractivity contribution in [3.05, 3.63) is 18.2 Å². The fourth-order valence-corrected chi connectivity index (χ4v) is 3.18. The molecule has 1 rings (SSSR count). The smallest absolute Gasteiger partial charge is 0.325 e. The van der Waals surface area contributed by atoms with Gasteiger partial charge in [-0.25, -0.2) is 4.98 Å². The number of H-pyrrole nitrogens is 1. The number of carbonyl (C=O) groups excluding carboxylic acids is 4. The summed E-state index contributed by atoms with van der Waals surface area (Å²) in [4.78, 5) is 66.8. The van der Waals surface area contributed by atoms with E-state index in [9.17, 15) is 24.0 Å². The van der Waals surface area contributed by atoms with Gasteiger partial charge in [0.15, 0.2) is 0 Å². The maximum atomic E-state index is 12.9. The highest BCUT2D eigenvalue weighted by Gasteiger charge is 2.29. The van der Waals surface area contributed by atoms with Crippen LogP contribution in [-0.4, -0.2) is 80.8 Å². The lowest BCUT2D eigenvalue weighted by atomic mass is 10.1. The summed E-state index contributed by atoms with van der Waals surface area (Å²) in [6, 6.07) is -4.38. The summed E-state index contributed by atoms with van der Waals surface area (Å²) in [7, 11) is 0. The van der Waals surface area contributed by atoms with Crippen LogP contribution in [0.5, 0.6) is 0 Å².